The van der Waals surface area contributed by atoms with Crippen molar-refractivity contribution in [3.8, 4) is 5.75 Å². The predicted molar refractivity (Wildman–Crippen MR) is 105 cm³/mol. The first-order valence-electron chi connectivity index (χ1n) is 9.19. The Hall–Kier alpha value is -2.79. The van der Waals surface area contributed by atoms with Gasteiger partial charge in [0.15, 0.2) is 5.49 Å². The Bertz CT molecular complexity index is 1010. The number of fused-ring (bicyclic) bond motifs is 1. The summed E-state index contributed by atoms with van der Waals surface area (Å²) >= 11 is 0. The molecule has 0 radical (unpaired) electrons. The maximum atomic E-state index is 12.6. The van der Waals surface area contributed by atoms with Crippen LogP contribution in [0.3, 0.4) is 0 Å². The zero-order valence-electron chi connectivity index (χ0n) is 17.3. The van der Waals surface area contributed by atoms with Gasteiger partial charge in [-0.2, -0.15) is 13.2 Å². The molecular formula is C19H26F3N5O3. The van der Waals surface area contributed by atoms with Gasteiger partial charge < -0.3 is 14.7 Å². The number of nitrogens with zero attached hydrogens (tertiary/aromatic N) is 4. The van der Waals surface area contributed by atoms with E-state index in [1.807, 2.05) is 18.1 Å². The Morgan fingerprint density at radius 2 is 1.77 bits per heavy atom. The number of rotatable bonds is 5. The third-order valence-electron chi connectivity index (χ3n) is 4.53. The van der Waals surface area contributed by atoms with Crippen molar-refractivity contribution in [2.75, 3.05) is 27.4 Å². The Labute approximate surface area is 171 Å². The van der Waals surface area contributed by atoms with Crippen LogP contribution < -0.4 is 26.6 Å². The van der Waals surface area contributed by atoms with E-state index in [0.717, 1.165) is 17.5 Å². The first-order chi connectivity index (χ1) is 14.1. The Morgan fingerprint density at radius 1 is 1.17 bits per heavy atom. The number of benzene rings is 1. The maximum Gasteiger partial charge on any atom is 0.416 e. The first-order valence-corrected chi connectivity index (χ1v) is 9.19. The van der Waals surface area contributed by atoms with Gasteiger partial charge in [0.25, 0.3) is 0 Å². The number of aromatic nitrogens is 2. The Balaban J connectivity index is 0.000000735. The van der Waals surface area contributed by atoms with Crippen LogP contribution in [0.15, 0.2) is 34.1 Å². The average molecular weight is 429 g/mol. The molecule has 1 atom stereocenters. The number of ether oxygens (including phenoxy) is 1. The zero-order chi connectivity index (χ0) is 22.5. The molecule has 1 aliphatic heterocycles. The van der Waals surface area contributed by atoms with E-state index >= 15 is 0 Å². The van der Waals surface area contributed by atoms with Crippen molar-refractivity contribution in [3.63, 3.8) is 0 Å². The summed E-state index contributed by atoms with van der Waals surface area (Å²) in [6, 6.07) is 4.59. The number of imidazole rings is 1. The molecule has 166 valence electrons. The van der Waals surface area contributed by atoms with Crippen molar-refractivity contribution in [1.29, 1.82) is 0 Å². The summed E-state index contributed by atoms with van der Waals surface area (Å²) in [7, 11) is 6.89. The fourth-order valence-electron chi connectivity index (χ4n) is 2.84. The van der Waals surface area contributed by atoms with Crippen molar-refractivity contribution < 1.29 is 23.0 Å². The van der Waals surface area contributed by atoms with Crippen molar-refractivity contribution in [2.45, 2.75) is 18.8 Å². The van der Waals surface area contributed by atoms with E-state index in [-0.39, 0.29) is 25.2 Å². The summed E-state index contributed by atoms with van der Waals surface area (Å²) in [6.07, 6.45) is -2.20. The van der Waals surface area contributed by atoms with Gasteiger partial charge in [-0.3, -0.25) is 14.5 Å². The van der Waals surface area contributed by atoms with Crippen LogP contribution in [-0.4, -0.2) is 52.7 Å². The molecule has 8 nitrogen and oxygen atoms in total. The Kier molecular flexibility index (Phi) is 7.68. The van der Waals surface area contributed by atoms with E-state index in [1.165, 1.54) is 21.3 Å². The van der Waals surface area contributed by atoms with Crippen molar-refractivity contribution in [3.05, 3.63) is 51.2 Å². The van der Waals surface area contributed by atoms with Crippen LogP contribution in [0.4, 0.5) is 13.2 Å². The number of halogens is 3. The summed E-state index contributed by atoms with van der Waals surface area (Å²) in [4.78, 5) is 18.5. The van der Waals surface area contributed by atoms with Crippen LogP contribution in [-0.2, 0) is 20.3 Å². The fourth-order valence-corrected chi connectivity index (χ4v) is 2.84. The van der Waals surface area contributed by atoms with Gasteiger partial charge in [0.1, 0.15) is 17.3 Å². The largest absolute Gasteiger partial charge is 0.493 e. The number of hydrogen-bond donors (Lipinski definition) is 2. The van der Waals surface area contributed by atoms with Crippen LogP contribution in [0, 0.1) is 0 Å². The molecule has 0 amide bonds. The van der Waals surface area contributed by atoms with E-state index < -0.39 is 11.7 Å². The lowest BCUT2D eigenvalue weighted by Gasteiger charge is -2.25. The van der Waals surface area contributed by atoms with Gasteiger partial charge in [-0.05, 0) is 31.3 Å². The molecule has 1 aromatic carbocycles. The number of hydrogen-bond acceptors (Lipinski definition) is 6. The normalized spacial score (nSPS) is 15.5. The third-order valence-corrected chi connectivity index (χ3v) is 4.53. The monoisotopic (exact) mass is 429 g/mol. The van der Waals surface area contributed by atoms with Crippen molar-refractivity contribution in [2.24, 2.45) is 19.1 Å². The average Bonchev–Trinajstić information content (AvgIpc) is 2.92. The van der Waals surface area contributed by atoms with Crippen LogP contribution in [0.25, 0.3) is 6.20 Å². The molecule has 0 saturated heterocycles. The minimum absolute atomic E-state index is 0.0694. The molecule has 2 heterocycles. The SMILES string of the molecule is CN1C=c2c(n(C)c(=O)n2C)=NC1CCOc1ccc(C(F)(F)F)cc1.CNCO. The lowest BCUT2D eigenvalue weighted by molar-refractivity contribution is -0.137. The van der Waals surface area contributed by atoms with Crippen LogP contribution in [0.5, 0.6) is 5.75 Å². The second-order valence-corrected chi connectivity index (χ2v) is 6.68. The van der Waals surface area contributed by atoms with E-state index in [1.54, 1.807) is 21.1 Å². The second kappa shape index (κ2) is 9.81. The molecule has 3 rings (SSSR count). The van der Waals surface area contributed by atoms with Gasteiger partial charge in [-0.15, -0.1) is 0 Å². The highest BCUT2D eigenvalue weighted by atomic mass is 19.4. The van der Waals surface area contributed by atoms with Gasteiger partial charge in [0.05, 0.1) is 18.9 Å². The highest BCUT2D eigenvalue weighted by Gasteiger charge is 2.30. The quantitative estimate of drug-likeness (QED) is 0.654. The molecule has 11 heteroatoms. The molecule has 30 heavy (non-hydrogen) atoms. The molecule has 1 aromatic heterocycles. The van der Waals surface area contributed by atoms with Gasteiger partial charge in [-0.25, -0.2) is 9.79 Å². The fraction of sp³-hybridized carbons (Fsp3) is 0.474. The number of aliphatic hydroxyl groups is 1. The van der Waals surface area contributed by atoms with Crippen LogP contribution in [0.1, 0.15) is 12.0 Å². The molecule has 2 N–H and O–H groups in total. The summed E-state index contributed by atoms with van der Waals surface area (Å²) in [6.45, 7) is 0.355. The molecule has 0 bridgehead atoms. The van der Waals surface area contributed by atoms with E-state index in [0.29, 0.717) is 17.7 Å². The lowest BCUT2D eigenvalue weighted by Crippen LogP contribution is -2.44. The molecule has 1 aliphatic rings. The topological polar surface area (TPSA) is 84.0 Å². The minimum atomic E-state index is -4.36. The Morgan fingerprint density at radius 3 is 2.30 bits per heavy atom. The van der Waals surface area contributed by atoms with Crippen molar-refractivity contribution >= 4 is 6.20 Å². The highest BCUT2D eigenvalue weighted by Crippen LogP contribution is 2.30. The predicted octanol–water partition coefficient (Wildman–Crippen LogP) is -0.00360. The van der Waals surface area contributed by atoms with Gasteiger partial charge in [0.2, 0.25) is 0 Å². The molecule has 2 aromatic rings. The summed E-state index contributed by atoms with van der Waals surface area (Å²) in [5, 5.41) is 11.0. The number of aliphatic hydroxyl groups excluding tert-OH is 1. The van der Waals surface area contributed by atoms with Gasteiger partial charge in [-0.1, -0.05) is 0 Å². The van der Waals surface area contributed by atoms with Crippen molar-refractivity contribution in [1.82, 2.24) is 19.4 Å². The van der Waals surface area contributed by atoms with Crippen LogP contribution in [0.2, 0.25) is 0 Å². The van der Waals surface area contributed by atoms with Crippen LogP contribution >= 0.6 is 0 Å². The molecule has 0 fully saturated rings. The van der Waals surface area contributed by atoms with Gasteiger partial charge in [0, 0.05) is 33.8 Å². The summed E-state index contributed by atoms with van der Waals surface area (Å²) in [5.41, 5.74) is -0.251. The van der Waals surface area contributed by atoms with E-state index in [4.69, 9.17) is 9.84 Å². The summed E-state index contributed by atoms with van der Waals surface area (Å²) in [5.74, 6) is 0.369. The van der Waals surface area contributed by atoms with E-state index in [9.17, 15) is 18.0 Å². The zero-order valence-corrected chi connectivity index (χ0v) is 17.3. The second-order valence-electron chi connectivity index (χ2n) is 6.68. The highest BCUT2D eigenvalue weighted by molar-refractivity contribution is 5.28. The number of alkyl halides is 3. The molecule has 0 spiro atoms. The molecule has 0 aliphatic carbocycles. The lowest BCUT2D eigenvalue weighted by atomic mass is 10.2. The molecular weight excluding hydrogens is 403 g/mol. The molecule has 0 saturated carbocycles. The third kappa shape index (κ3) is 5.42. The summed E-state index contributed by atoms with van der Waals surface area (Å²) < 4.78 is 46.2. The molecule has 1 unspecified atom stereocenters. The number of nitrogens with one attached hydrogen (secondary N) is 1. The maximum absolute atomic E-state index is 12.6. The smallest absolute Gasteiger partial charge is 0.416 e. The minimum Gasteiger partial charge on any atom is -0.493 e. The van der Waals surface area contributed by atoms with E-state index in [2.05, 4.69) is 10.3 Å². The standard InChI is InChI=1S/C17H19F3N4O2.C2H7NO/c1-22-10-13-15(24(3)16(25)23(13)2)21-14(22)8-9-26-12-6-4-11(5-7-12)17(18,19)20;1-3-2-4/h4-7,10,14H,8-9H2,1-3H3;3-4H,2H2,1H3. The first kappa shape index (κ1) is 23.5. The van der Waals surface area contributed by atoms with Gasteiger partial charge >= 0.3 is 11.9 Å².